The molecule has 1 aromatic carbocycles. The summed E-state index contributed by atoms with van der Waals surface area (Å²) in [6.07, 6.45) is 0. The van der Waals surface area contributed by atoms with E-state index in [1.54, 1.807) is 0 Å². The number of nitrogens with two attached hydrogens (primary N) is 1. The van der Waals surface area contributed by atoms with Gasteiger partial charge in [-0.3, -0.25) is 9.69 Å². The molecule has 3 N–H and O–H groups in total. The van der Waals surface area contributed by atoms with Crippen molar-refractivity contribution >= 4 is 17.3 Å². The molecular weight excluding hydrogens is 202 g/mol. The van der Waals surface area contributed by atoms with Crippen LogP contribution >= 0.6 is 0 Å². The second-order valence-electron chi connectivity index (χ2n) is 3.96. The van der Waals surface area contributed by atoms with Crippen molar-refractivity contribution < 1.29 is 4.79 Å². The summed E-state index contributed by atoms with van der Waals surface area (Å²) in [6.45, 7) is 5.81. The molecule has 0 fully saturated rings. The van der Waals surface area contributed by atoms with Gasteiger partial charge >= 0.3 is 0 Å². The molecule has 16 heavy (non-hydrogen) atoms. The van der Waals surface area contributed by atoms with Crippen molar-refractivity contribution in [3.05, 3.63) is 23.8 Å². The molecule has 0 saturated carbocycles. The van der Waals surface area contributed by atoms with Gasteiger partial charge in [0.1, 0.15) is 6.04 Å². The minimum absolute atomic E-state index is 0.0456. The summed E-state index contributed by atoms with van der Waals surface area (Å²) < 4.78 is 0. The van der Waals surface area contributed by atoms with Crippen molar-refractivity contribution in [1.82, 2.24) is 4.90 Å². The van der Waals surface area contributed by atoms with Gasteiger partial charge in [-0.25, -0.2) is 0 Å². The average molecular weight is 219 g/mol. The number of rotatable bonds is 3. The van der Waals surface area contributed by atoms with Crippen LogP contribution in [0.3, 0.4) is 0 Å². The molecule has 0 unspecified atom stereocenters. The van der Waals surface area contributed by atoms with E-state index in [1.807, 2.05) is 18.2 Å². The molecule has 0 saturated heterocycles. The molecule has 1 heterocycles. The number of anilines is 2. The lowest BCUT2D eigenvalue weighted by atomic mass is 10.1. The van der Waals surface area contributed by atoms with Crippen LogP contribution in [0.1, 0.15) is 25.5 Å². The van der Waals surface area contributed by atoms with E-state index in [0.717, 1.165) is 24.3 Å². The number of benzene rings is 1. The number of hydrogen-bond acceptors (Lipinski definition) is 3. The third kappa shape index (κ3) is 1.65. The van der Waals surface area contributed by atoms with Crippen molar-refractivity contribution in [2.75, 3.05) is 24.1 Å². The first-order valence-electron chi connectivity index (χ1n) is 5.61. The van der Waals surface area contributed by atoms with E-state index in [-0.39, 0.29) is 11.9 Å². The second kappa shape index (κ2) is 4.14. The third-order valence-corrected chi connectivity index (χ3v) is 3.05. The molecule has 0 aliphatic carbocycles. The highest BCUT2D eigenvalue weighted by Gasteiger charge is 2.33. The zero-order valence-corrected chi connectivity index (χ0v) is 9.66. The summed E-state index contributed by atoms with van der Waals surface area (Å²) in [5, 5.41) is 2.89. The van der Waals surface area contributed by atoms with E-state index >= 15 is 0 Å². The van der Waals surface area contributed by atoms with Crippen molar-refractivity contribution in [1.29, 1.82) is 0 Å². The fraction of sp³-hybridized carbons (Fsp3) is 0.417. The van der Waals surface area contributed by atoms with Crippen LogP contribution in [-0.4, -0.2) is 23.9 Å². The van der Waals surface area contributed by atoms with Crippen LogP contribution in [-0.2, 0) is 4.79 Å². The number of fused-ring (bicyclic) bond motifs is 1. The summed E-state index contributed by atoms with van der Waals surface area (Å²) in [5.74, 6) is 0.0456. The Morgan fingerprint density at radius 1 is 1.38 bits per heavy atom. The molecule has 1 amide bonds. The quantitative estimate of drug-likeness (QED) is 0.759. The minimum atomic E-state index is -0.187. The average Bonchev–Trinajstić information content (AvgIpc) is 2.58. The Balaban J connectivity index is 2.41. The van der Waals surface area contributed by atoms with Gasteiger partial charge in [0.05, 0.1) is 0 Å². The number of nitrogens with zero attached hydrogens (tertiary/aromatic N) is 1. The van der Waals surface area contributed by atoms with Gasteiger partial charge in [0.15, 0.2) is 0 Å². The standard InChI is InChI=1S/C12H17N3O/c1-3-15(4-2)11-9-7-8(13)5-6-10(9)14-12(11)16/h5-7,11H,3-4,13H2,1-2H3,(H,14,16)/t11-/m1/s1. The molecule has 1 atom stereocenters. The van der Waals surface area contributed by atoms with Crippen LogP contribution in [0.25, 0.3) is 0 Å². The number of amides is 1. The molecular formula is C12H17N3O. The number of likely N-dealkylation sites (N-methyl/N-ethyl adjacent to an activating group) is 1. The van der Waals surface area contributed by atoms with Gasteiger partial charge in [0.2, 0.25) is 5.91 Å². The molecule has 1 aliphatic heterocycles. The zero-order chi connectivity index (χ0) is 11.7. The first-order valence-corrected chi connectivity index (χ1v) is 5.61. The zero-order valence-electron chi connectivity index (χ0n) is 9.66. The van der Waals surface area contributed by atoms with Gasteiger partial charge in [0, 0.05) is 16.9 Å². The maximum absolute atomic E-state index is 11.9. The highest BCUT2D eigenvalue weighted by Crippen LogP contribution is 2.35. The predicted octanol–water partition coefficient (Wildman–Crippen LogP) is 1.60. The lowest BCUT2D eigenvalue weighted by molar-refractivity contribution is -0.120. The first kappa shape index (κ1) is 11.0. The normalized spacial score (nSPS) is 18.7. The van der Waals surface area contributed by atoms with Crippen LogP contribution < -0.4 is 11.1 Å². The van der Waals surface area contributed by atoms with Gasteiger partial charge in [-0.05, 0) is 31.3 Å². The summed E-state index contributed by atoms with van der Waals surface area (Å²) in [5.41, 5.74) is 8.34. The lowest BCUT2D eigenvalue weighted by Crippen LogP contribution is -2.32. The Morgan fingerprint density at radius 3 is 2.69 bits per heavy atom. The molecule has 2 rings (SSSR count). The van der Waals surface area contributed by atoms with Gasteiger partial charge in [0.25, 0.3) is 0 Å². The Kier molecular flexibility index (Phi) is 2.83. The van der Waals surface area contributed by atoms with Gasteiger partial charge in [-0.1, -0.05) is 13.8 Å². The second-order valence-corrected chi connectivity index (χ2v) is 3.96. The predicted molar refractivity (Wildman–Crippen MR) is 65.1 cm³/mol. The van der Waals surface area contributed by atoms with E-state index in [2.05, 4.69) is 24.1 Å². The van der Waals surface area contributed by atoms with Crippen molar-refractivity contribution in [2.45, 2.75) is 19.9 Å². The van der Waals surface area contributed by atoms with Crippen molar-refractivity contribution in [3.8, 4) is 0 Å². The number of nitrogens with one attached hydrogen (secondary N) is 1. The van der Waals surface area contributed by atoms with Crippen LogP contribution in [0.2, 0.25) is 0 Å². The molecule has 0 spiro atoms. The molecule has 0 bridgehead atoms. The van der Waals surface area contributed by atoms with E-state index in [4.69, 9.17) is 5.73 Å². The van der Waals surface area contributed by atoms with E-state index in [9.17, 15) is 4.79 Å². The minimum Gasteiger partial charge on any atom is -0.399 e. The van der Waals surface area contributed by atoms with Crippen LogP contribution in [0.4, 0.5) is 11.4 Å². The number of hydrogen-bond donors (Lipinski definition) is 2. The molecule has 4 nitrogen and oxygen atoms in total. The Bertz CT molecular complexity index is 413. The third-order valence-electron chi connectivity index (χ3n) is 3.05. The van der Waals surface area contributed by atoms with Crippen LogP contribution in [0.15, 0.2) is 18.2 Å². The molecule has 1 aromatic rings. The maximum atomic E-state index is 11.9. The molecule has 0 radical (unpaired) electrons. The fourth-order valence-corrected chi connectivity index (χ4v) is 2.21. The monoisotopic (exact) mass is 219 g/mol. The Labute approximate surface area is 95.4 Å². The van der Waals surface area contributed by atoms with Crippen molar-refractivity contribution in [2.24, 2.45) is 0 Å². The molecule has 86 valence electrons. The number of nitrogen functional groups attached to an aromatic ring is 1. The van der Waals surface area contributed by atoms with Gasteiger partial charge < -0.3 is 11.1 Å². The number of carbonyl (C=O) groups is 1. The van der Waals surface area contributed by atoms with E-state index in [0.29, 0.717) is 5.69 Å². The maximum Gasteiger partial charge on any atom is 0.246 e. The van der Waals surface area contributed by atoms with Crippen LogP contribution in [0.5, 0.6) is 0 Å². The SMILES string of the molecule is CCN(CC)[C@H]1C(=O)Nc2ccc(N)cc21. The lowest BCUT2D eigenvalue weighted by Gasteiger charge is -2.24. The number of carbonyl (C=O) groups excluding carboxylic acids is 1. The highest BCUT2D eigenvalue weighted by molar-refractivity contribution is 6.02. The molecule has 0 aromatic heterocycles. The Morgan fingerprint density at radius 2 is 2.06 bits per heavy atom. The summed E-state index contributed by atoms with van der Waals surface area (Å²) >= 11 is 0. The van der Waals surface area contributed by atoms with Crippen molar-refractivity contribution in [3.63, 3.8) is 0 Å². The van der Waals surface area contributed by atoms with E-state index in [1.165, 1.54) is 0 Å². The molecule has 1 aliphatic rings. The summed E-state index contributed by atoms with van der Waals surface area (Å²) in [4.78, 5) is 14.0. The largest absolute Gasteiger partial charge is 0.399 e. The first-order chi connectivity index (χ1) is 7.67. The fourth-order valence-electron chi connectivity index (χ4n) is 2.21. The van der Waals surface area contributed by atoms with Gasteiger partial charge in [-0.2, -0.15) is 0 Å². The summed E-state index contributed by atoms with van der Waals surface area (Å²) in [6, 6.07) is 5.37. The topological polar surface area (TPSA) is 58.4 Å². The van der Waals surface area contributed by atoms with Crippen LogP contribution in [0, 0.1) is 0 Å². The Hall–Kier alpha value is -1.55. The highest BCUT2D eigenvalue weighted by atomic mass is 16.2. The van der Waals surface area contributed by atoms with E-state index < -0.39 is 0 Å². The smallest absolute Gasteiger partial charge is 0.246 e. The van der Waals surface area contributed by atoms with Gasteiger partial charge in [-0.15, -0.1) is 0 Å². The molecule has 4 heteroatoms. The summed E-state index contributed by atoms with van der Waals surface area (Å²) in [7, 11) is 0.